The summed E-state index contributed by atoms with van der Waals surface area (Å²) in [7, 11) is 1.68. The summed E-state index contributed by atoms with van der Waals surface area (Å²) in [5.74, 6) is 2.44. The third-order valence-corrected chi connectivity index (χ3v) is 5.98. The van der Waals surface area contributed by atoms with Crippen molar-refractivity contribution >= 4 is 11.6 Å². The molecule has 1 saturated carbocycles. The summed E-state index contributed by atoms with van der Waals surface area (Å²) in [5.41, 5.74) is 4.42. The van der Waals surface area contributed by atoms with Crippen LogP contribution in [0.1, 0.15) is 48.7 Å². The van der Waals surface area contributed by atoms with E-state index in [1.54, 1.807) is 7.11 Å². The number of aromatic nitrogens is 2. The summed E-state index contributed by atoms with van der Waals surface area (Å²) >= 11 is 6.01. The highest BCUT2D eigenvalue weighted by molar-refractivity contribution is 6.30. The molecule has 1 fully saturated rings. The summed E-state index contributed by atoms with van der Waals surface area (Å²) in [6, 6.07) is 16.0. The Hall–Kier alpha value is -2.30. The first kappa shape index (κ1) is 20.0. The van der Waals surface area contributed by atoms with E-state index in [0.29, 0.717) is 18.6 Å². The van der Waals surface area contributed by atoms with Crippen LogP contribution in [0.5, 0.6) is 5.75 Å². The molecule has 0 atom stereocenters. The number of rotatable bonds is 6. The molecule has 3 aromatic rings. The smallest absolute Gasteiger partial charge is 0.118 e. The van der Waals surface area contributed by atoms with Crippen LogP contribution in [0.2, 0.25) is 5.02 Å². The maximum Gasteiger partial charge on any atom is 0.118 e. The SMILES string of the molecule is COc1ccc(COC2CCC(c3nc(-c4ccc(Cl)cc4)c(C)[nH]3)CC2)cc1. The largest absolute Gasteiger partial charge is 0.497 e. The summed E-state index contributed by atoms with van der Waals surface area (Å²) in [6.07, 6.45) is 4.65. The van der Waals surface area contributed by atoms with Gasteiger partial charge in [0.15, 0.2) is 0 Å². The molecule has 1 aliphatic carbocycles. The molecule has 0 unspecified atom stereocenters. The van der Waals surface area contributed by atoms with E-state index in [2.05, 4.69) is 24.0 Å². The molecule has 1 aliphatic rings. The first-order valence-corrected chi connectivity index (χ1v) is 10.6. The van der Waals surface area contributed by atoms with Gasteiger partial charge in [-0.3, -0.25) is 0 Å². The van der Waals surface area contributed by atoms with E-state index < -0.39 is 0 Å². The lowest BCUT2D eigenvalue weighted by atomic mass is 9.87. The molecule has 4 nitrogen and oxygen atoms in total. The first-order valence-electron chi connectivity index (χ1n) is 10.2. The fourth-order valence-corrected chi connectivity index (χ4v) is 4.13. The number of nitrogens with zero attached hydrogens (tertiary/aromatic N) is 1. The molecule has 0 bridgehead atoms. The first-order chi connectivity index (χ1) is 14.1. The highest BCUT2D eigenvalue weighted by atomic mass is 35.5. The summed E-state index contributed by atoms with van der Waals surface area (Å²) in [4.78, 5) is 8.43. The number of methoxy groups -OCH3 is 1. The number of imidazole rings is 1. The van der Waals surface area contributed by atoms with Crippen molar-refractivity contribution in [3.05, 3.63) is 70.6 Å². The number of benzene rings is 2. The number of halogens is 1. The van der Waals surface area contributed by atoms with Crippen LogP contribution in [0.4, 0.5) is 0 Å². The van der Waals surface area contributed by atoms with Gasteiger partial charge in [0.2, 0.25) is 0 Å². The van der Waals surface area contributed by atoms with Gasteiger partial charge in [-0.2, -0.15) is 0 Å². The van der Waals surface area contributed by atoms with Crippen LogP contribution >= 0.6 is 11.6 Å². The Bertz CT molecular complexity index is 927. The normalized spacial score (nSPS) is 19.3. The minimum Gasteiger partial charge on any atom is -0.497 e. The van der Waals surface area contributed by atoms with Crippen LogP contribution in [0, 0.1) is 6.92 Å². The molecule has 1 heterocycles. The standard InChI is InChI=1S/C24H27ClN2O2/c1-16-23(18-5-9-20(25)10-6-18)27-24(26-16)19-7-13-22(14-8-19)29-15-17-3-11-21(28-2)12-4-17/h3-6,9-12,19,22H,7-8,13-15H2,1-2H3,(H,26,27). The van der Waals surface area contributed by atoms with Crippen molar-refractivity contribution in [2.45, 2.75) is 51.2 Å². The van der Waals surface area contributed by atoms with Gasteiger partial charge in [0.25, 0.3) is 0 Å². The van der Waals surface area contributed by atoms with E-state index in [1.807, 2.05) is 36.4 Å². The molecule has 152 valence electrons. The Labute approximate surface area is 177 Å². The summed E-state index contributed by atoms with van der Waals surface area (Å²) in [6.45, 7) is 2.74. The Morgan fingerprint density at radius 3 is 2.34 bits per heavy atom. The molecule has 1 aromatic heterocycles. The van der Waals surface area contributed by atoms with Gasteiger partial charge in [0, 0.05) is 22.2 Å². The highest BCUT2D eigenvalue weighted by Crippen LogP contribution is 2.35. The quantitative estimate of drug-likeness (QED) is 0.519. The number of nitrogens with one attached hydrogen (secondary N) is 1. The minimum absolute atomic E-state index is 0.320. The second-order valence-corrected chi connectivity index (χ2v) is 8.17. The molecule has 0 spiro atoms. The van der Waals surface area contributed by atoms with E-state index in [-0.39, 0.29) is 0 Å². The monoisotopic (exact) mass is 410 g/mol. The molecule has 0 amide bonds. The fraction of sp³-hybridized carbons (Fsp3) is 0.375. The number of aryl methyl sites for hydroxylation is 1. The Kier molecular flexibility index (Phi) is 6.22. The van der Waals surface area contributed by atoms with Gasteiger partial charge < -0.3 is 14.5 Å². The van der Waals surface area contributed by atoms with E-state index >= 15 is 0 Å². The van der Waals surface area contributed by atoms with Gasteiger partial charge in [0.1, 0.15) is 11.6 Å². The van der Waals surface area contributed by atoms with Crippen LogP contribution in [-0.4, -0.2) is 23.2 Å². The topological polar surface area (TPSA) is 47.1 Å². The zero-order chi connectivity index (χ0) is 20.2. The number of aromatic amines is 1. The van der Waals surface area contributed by atoms with Crippen molar-refractivity contribution in [1.29, 1.82) is 0 Å². The van der Waals surface area contributed by atoms with Crippen LogP contribution in [0.3, 0.4) is 0 Å². The lowest BCUT2D eigenvalue weighted by molar-refractivity contribution is 0.0129. The van der Waals surface area contributed by atoms with E-state index in [1.165, 1.54) is 5.56 Å². The minimum atomic E-state index is 0.320. The van der Waals surface area contributed by atoms with Gasteiger partial charge in [0.05, 0.1) is 25.5 Å². The third-order valence-electron chi connectivity index (χ3n) is 5.73. The molecular weight excluding hydrogens is 384 g/mol. The van der Waals surface area contributed by atoms with Crippen LogP contribution in [0.15, 0.2) is 48.5 Å². The van der Waals surface area contributed by atoms with E-state index in [0.717, 1.165) is 59.2 Å². The molecule has 29 heavy (non-hydrogen) atoms. The van der Waals surface area contributed by atoms with Crippen molar-refractivity contribution < 1.29 is 9.47 Å². The molecule has 2 aromatic carbocycles. The third kappa shape index (κ3) is 4.82. The zero-order valence-electron chi connectivity index (χ0n) is 17.0. The van der Waals surface area contributed by atoms with Gasteiger partial charge >= 0.3 is 0 Å². The molecule has 0 aliphatic heterocycles. The number of hydrogen-bond acceptors (Lipinski definition) is 3. The van der Waals surface area contributed by atoms with Gasteiger partial charge in [-0.1, -0.05) is 35.9 Å². The second kappa shape index (κ2) is 9.02. The average Bonchev–Trinajstić information content (AvgIpc) is 3.15. The van der Waals surface area contributed by atoms with Gasteiger partial charge in [-0.15, -0.1) is 0 Å². The predicted molar refractivity (Wildman–Crippen MR) is 117 cm³/mol. The Balaban J connectivity index is 1.32. The van der Waals surface area contributed by atoms with Crippen LogP contribution in [-0.2, 0) is 11.3 Å². The van der Waals surface area contributed by atoms with Crippen molar-refractivity contribution in [2.75, 3.05) is 7.11 Å². The molecular formula is C24H27ClN2O2. The summed E-state index contributed by atoms with van der Waals surface area (Å²) < 4.78 is 11.4. The highest BCUT2D eigenvalue weighted by Gasteiger charge is 2.25. The fourth-order valence-electron chi connectivity index (χ4n) is 4.00. The van der Waals surface area contributed by atoms with Crippen molar-refractivity contribution in [3.63, 3.8) is 0 Å². The van der Waals surface area contributed by atoms with Gasteiger partial charge in [-0.05, 0) is 62.4 Å². The zero-order valence-corrected chi connectivity index (χ0v) is 17.7. The maximum absolute atomic E-state index is 6.15. The molecule has 0 saturated heterocycles. The second-order valence-electron chi connectivity index (χ2n) is 7.74. The summed E-state index contributed by atoms with van der Waals surface area (Å²) in [5, 5.41) is 0.745. The predicted octanol–water partition coefficient (Wildman–Crippen LogP) is 6.29. The van der Waals surface area contributed by atoms with Crippen LogP contribution in [0.25, 0.3) is 11.3 Å². The average molecular weight is 411 g/mol. The molecule has 1 N–H and O–H groups in total. The lowest BCUT2D eigenvalue weighted by Crippen LogP contribution is -2.21. The molecule has 5 heteroatoms. The van der Waals surface area contributed by atoms with Crippen molar-refractivity contribution in [1.82, 2.24) is 9.97 Å². The van der Waals surface area contributed by atoms with Crippen molar-refractivity contribution in [2.24, 2.45) is 0 Å². The van der Waals surface area contributed by atoms with E-state index in [9.17, 15) is 0 Å². The Morgan fingerprint density at radius 1 is 1.00 bits per heavy atom. The molecule has 0 radical (unpaired) electrons. The Morgan fingerprint density at radius 2 is 1.69 bits per heavy atom. The number of H-pyrrole nitrogens is 1. The maximum atomic E-state index is 6.15. The number of hydrogen-bond donors (Lipinski definition) is 1. The van der Waals surface area contributed by atoms with E-state index in [4.69, 9.17) is 26.1 Å². The van der Waals surface area contributed by atoms with Crippen LogP contribution < -0.4 is 4.74 Å². The van der Waals surface area contributed by atoms with Gasteiger partial charge in [-0.25, -0.2) is 4.98 Å². The lowest BCUT2D eigenvalue weighted by Gasteiger charge is -2.27. The van der Waals surface area contributed by atoms with Crippen molar-refractivity contribution in [3.8, 4) is 17.0 Å². The number of ether oxygens (including phenoxy) is 2. The molecule has 4 rings (SSSR count).